The van der Waals surface area contributed by atoms with Crippen LogP contribution in [0.25, 0.3) is 39.9 Å². The Morgan fingerprint density at radius 2 is 1.49 bits per heavy atom. The summed E-state index contributed by atoms with van der Waals surface area (Å²) < 4.78 is 15.2. The van der Waals surface area contributed by atoms with Gasteiger partial charge in [-0.2, -0.15) is 0 Å². The zero-order chi connectivity index (χ0) is 28.1. The lowest BCUT2D eigenvalue weighted by Crippen LogP contribution is -2.51. The van der Waals surface area contributed by atoms with Crippen molar-refractivity contribution in [3.05, 3.63) is 145 Å². The highest BCUT2D eigenvalue weighted by molar-refractivity contribution is 6.94. The highest BCUT2D eigenvalue weighted by Gasteiger charge is 2.41. The van der Waals surface area contributed by atoms with Gasteiger partial charge >= 0.3 is 0 Å². The number of hydrogen-bond acceptors (Lipinski definition) is 2. The van der Waals surface area contributed by atoms with E-state index in [0.717, 1.165) is 66.5 Å². The van der Waals surface area contributed by atoms with E-state index in [0.29, 0.717) is 5.76 Å². The molecule has 4 heteroatoms. The largest absolute Gasteiger partial charge is 0.459 e. The van der Waals surface area contributed by atoms with Crippen LogP contribution in [-0.2, 0) is 0 Å². The molecule has 41 heavy (non-hydrogen) atoms. The molecule has 7 rings (SSSR count). The summed E-state index contributed by atoms with van der Waals surface area (Å²) in [6.45, 7) is 14.2. The molecule has 4 aromatic carbocycles. The van der Waals surface area contributed by atoms with Crippen molar-refractivity contribution in [1.29, 1.82) is 0 Å². The molecule has 0 saturated carbocycles. The van der Waals surface area contributed by atoms with Gasteiger partial charge in [0.15, 0.2) is 0 Å². The van der Waals surface area contributed by atoms with Crippen molar-refractivity contribution in [3.63, 3.8) is 0 Å². The average molecular weight is 529 g/mol. The van der Waals surface area contributed by atoms with Gasteiger partial charge in [0, 0.05) is 27.1 Å². The van der Waals surface area contributed by atoms with Crippen molar-refractivity contribution >= 4 is 40.7 Å². The normalized spacial score (nSPS) is 15.4. The minimum absolute atomic E-state index is 0.0318. The average Bonchev–Trinajstić information content (AvgIpc) is 3.31. The fourth-order valence-electron chi connectivity index (χ4n) is 6.24. The Morgan fingerprint density at radius 1 is 0.756 bits per heavy atom. The third kappa shape index (κ3) is 3.83. The number of hydrogen-bond donors (Lipinski definition) is 0. The lowest BCUT2D eigenvalue weighted by atomic mass is 9.34. The summed E-state index contributed by atoms with van der Waals surface area (Å²) in [6, 6.07) is 29.5. The van der Waals surface area contributed by atoms with E-state index in [4.69, 9.17) is 9.47 Å². The molecule has 0 amide bonds. The highest BCUT2D eigenvalue weighted by atomic mass is 16.5. The van der Waals surface area contributed by atoms with Crippen molar-refractivity contribution < 1.29 is 9.47 Å². The van der Waals surface area contributed by atoms with E-state index < -0.39 is 0 Å². The van der Waals surface area contributed by atoms with Crippen LogP contribution < -0.4 is 31.0 Å². The van der Waals surface area contributed by atoms with Crippen LogP contribution >= 0.6 is 0 Å². The van der Waals surface area contributed by atoms with Gasteiger partial charge in [0.2, 0.25) is 0 Å². The first kappa shape index (κ1) is 24.8. The Kier molecular flexibility index (Phi) is 5.90. The maximum absolute atomic E-state index is 6.51. The fraction of sp³-hybridized carbons (Fsp3) is 0.0270. The molecule has 0 unspecified atom stereocenters. The summed E-state index contributed by atoms with van der Waals surface area (Å²) >= 11 is 0. The van der Waals surface area contributed by atoms with E-state index in [1.807, 2.05) is 36.4 Å². The van der Waals surface area contributed by atoms with Crippen molar-refractivity contribution in [1.82, 2.24) is 4.57 Å². The zero-order valence-electron chi connectivity index (χ0n) is 22.9. The van der Waals surface area contributed by atoms with Crippen molar-refractivity contribution in [3.8, 4) is 34.1 Å². The minimum atomic E-state index is -0.0318. The molecule has 0 spiro atoms. The van der Waals surface area contributed by atoms with Crippen LogP contribution in [0, 0.1) is 0 Å². The van der Waals surface area contributed by atoms with Crippen LogP contribution in [0.1, 0.15) is 6.92 Å². The van der Waals surface area contributed by atoms with Gasteiger partial charge in [-0.15, -0.1) is 0 Å². The summed E-state index contributed by atoms with van der Waals surface area (Å²) in [4.78, 5) is 0. The van der Waals surface area contributed by atoms with Crippen LogP contribution in [-0.4, -0.2) is 11.3 Å². The summed E-state index contributed by atoms with van der Waals surface area (Å²) in [5, 5.41) is 3.45. The second kappa shape index (κ2) is 9.76. The first-order valence-electron chi connectivity index (χ1n) is 13.8. The summed E-state index contributed by atoms with van der Waals surface area (Å²) in [5.74, 6) is 3.04. The third-order valence-electron chi connectivity index (χ3n) is 7.96. The first-order chi connectivity index (χ1) is 20.1. The van der Waals surface area contributed by atoms with Gasteiger partial charge < -0.3 is 14.0 Å². The monoisotopic (exact) mass is 529 g/mol. The Labute approximate surface area is 240 Å². The molecule has 0 atom stereocenters. The molecule has 0 bridgehead atoms. The predicted octanol–water partition coefficient (Wildman–Crippen LogP) is 6.34. The first-order valence-corrected chi connectivity index (χ1v) is 13.8. The Morgan fingerprint density at radius 3 is 2.24 bits per heavy atom. The van der Waals surface area contributed by atoms with E-state index >= 15 is 0 Å². The van der Waals surface area contributed by atoms with Gasteiger partial charge in [0.1, 0.15) is 23.0 Å². The zero-order valence-corrected chi connectivity index (χ0v) is 22.9. The number of aromatic nitrogens is 1. The van der Waals surface area contributed by atoms with E-state index in [2.05, 4.69) is 104 Å². The van der Waals surface area contributed by atoms with Gasteiger partial charge in [-0.3, -0.25) is 0 Å². The predicted molar refractivity (Wildman–Crippen MR) is 172 cm³/mol. The Bertz CT molecular complexity index is 2060. The van der Waals surface area contributed by atoms with Gasteiger partial charge in [-0.1, -0.05) is 98.6 Å². The number of ether oxygens (including phenoxy) is 2. The van der Waals surface area contributed by atoms with Crippen molar-refractivity contribution in [2.24, 2.45) is 0 Å². The fourth-order valence-corrected chi connectivity index (χ4v) is 6.24. The van der Waals surface area contributed by atoms with Gasteiger partial charge in [0.25, 0.3) is 6.71 Å². The molecule has 0 aliphatic carbocycles. The van der Waals surface area contributed by atoms with E-state index in [-0.39, 0.29) is 6.71 Å². The SMILES string of the molecule is C=C/C=C1/B2c3ccccc3Oc3cc(-c4ccc5c(=C/C=C)/c(=C\C)n(-c6ccccc6)c5c4)cc(c32)OC1=C. The number of benzene rings is 4. The van der Waals surface area contributed by atoms with Gasteiger partial charge in [0.05, 0.1) is 5.52 Å². The van der Waals surface area contributed by atoms with Crippen LogP contribution in [0.3, 0.4) is 0 Å². The summed E-state index contributed by atoms with van der Waals surface area (Å²) in [7, 11) is 0. The maximum atomic E-state index is 6.51. The van der Waals surface area contributed by atoms with Gasteiger partial charge in [-0.05, 0) is 65.4 Å². The molecule has 2 aliphatic heterocycles. The second-order valence-electron chi connectivity index (χ2n) is 10.2. The minimum Gasteiger partial charge on any atom is -0.459 e. The number of fused-ring (bicyclic) bond motifs is 3. The lowest BCUT2D eigenvalue weighted by molar-refractivity contribution is 0.433. The van der Waals surface area contributed by atoms with Crippen LogP contribution in [0.4, 0.5) is 0 Å². The molecule has 0 saturated heterocycles. The quantitative estimate of drug-likeness (QED) is 0.254. The van der Waals surface area contributed by atoms with E-state index in [1.165, 1.54) is 5.39 Å². The molecular weight excluding hydrogens is 501 g/mol. The molecule has 1 aromatic heterocycles. The standard InChI is InChI=1S/C37H28BNO2/c1-5-13-28-29-20-19-25(21-33(29)39(32(28)7-3)27-15-9-8-10-16-27)26-22-35-37-36(23-26)41-34-18-12-11-17-31(34)38(37)30(14-6-2)24(4)40-35/h5-23H,1-2,4H2,3H3/b28-13-,30-14+,32-7+. The number of para-hydroxylation sites is 2. The van der Waals surface area contributed by atoms with E-state index in [1.54, 1.807) is 6.08 Å². The Balaban J connectivity index is 1.48. The second-order valence-corrected chi connectivity index (χ2v) is 10.2. The number of rotatable bonds is 4. The third-order valence-corrected chi connectivity index (χ3v) is 7.96. The molecule has 196 valence electrons. The molecular formula is C37H28BNO2. The molecule has 2 aliphatic rings. The molecule has 0 radical (unpaired) electrons. The molecule has 0 fully saturated rings. The van der Waals surface area contributed by atoms with Crippen LogP contribution in [0.15, 0.2) is 134 Å². The molecule has 3 heterocycles. The lowest BCUT2D eigenvalue weighted by Gasteiger charge is -2.34. The molecule has 5 aromatic rings. The number of allylic oxidation sites excluding steroid dienone is 4. The molecule has 3 nitrogen and oxygen atoms in total. The molecule has 0 N–H and O–H groups in total. The topological polar surface area (TPSA) is 23.4 Å². The summed E-state index contributed by atoms with van der Waals surface area (Å²) in [5.41, 5.74) is 7.42. The highest BCUT2D eigenvalue weighted by Crippen LogP contribution is 2.39. The van der Waals surface area contributed by atoms with E-state index in [9.17, 15) is 0 Å². The van der Waals surface area contributed by atoms with Crippen molar-refractivity contribution in [2.75, 3.05) is 0 Å². The van der Waals surface area contributed by atoms with Crippen LogP contribution in [0.2, 0.25) is 0 Å². The smallest absolute Gasteiger partial charge is 0.260 e. The maximum Gasteiger partial charge on any atom is 0.260 e. The van der Waals surface area contributed by atoms with Crippen molar-refractivity contribution in [2.45, 2.75) is 6.92 Å². The Hall–Kier alpha value is -5.22. The van der Waals surface area contributed by atoms with Crippen LogP contribution in [0.5, 0.6) is 17.2 Å². The number of nitrogens with zero attached hydrogens (tertiary/aromatic N) is 1. The van der Waals surface area contributed by atoms with Gasteiger partial charge in [-0.25, -0.2) is 0 Å². The summed E-state index contributed by atoms with van der Waals surface area (Å²) in [6.07, 6.45) is 9.87.